The van der Waals surface area contributed by atoms with Crippen molar-refractivity contribution in [2.24, 2.45) is 0 Å². The molecule has 0 aromatic carbocycles. The van der Waals surface area contributed by atoms with Gasteiger partial charge in [-0.1, -0.05) is 6.07 Å². The summed E-state index contributed by atoms with van der Waals surface area (Å²) in [7, 11) is 1.58. The summed E-state index contributed by atoms with van der Waals surface area (Å²) in [4.78, 5) is 36.7. The fourth-order valence-corrected chi connectivity index (χ4v) is 2.67. The summed E-state index contributed by atoms with van der Waals surface area (Å²) in [5.74, 6) is -0.384. The van der Waals surface area contributed by atoms with Crippen LogP contribution in [0.15, 0.2) is 34.6 Å². The van der Waals surface area contributed by atoms with Gasteiger partial charge in [0, 0.05) is 18.0 Å². The lowest BCUT2D eigenvalue weighted by atomic mass is 10.2. The van der Waals surface area contributed by atoms with Crippen molar-refractivity contribution in [3.05, 3.63) is 60.7 Å². The van der Waals surface area contributed by atoms with E-state index < -0.39 is 16.2 Å². The average Bonchev–Trinajstić information content (AvgIpc) is 3.01. The number of rotatable bonds is 5. The van der Waals surface area contributed by atoms with Gasteiger partial charge in [-0.2, -0.15) is 5.26 Å². The minimum Gasteiger partial charge on any atom is -0.339 e. The topological polar surface area (TPSA) is 109 Å². The fourth-order valence-electron chi connectivity index (χ4n) is 1.91. The van der Waals surface area contributed by atoms with E-state index in [9.17, 15) is 19.7 Å². The van der Waals surface area contributed by atoms with Crippen LogP contribution in [0, 0.1) is 21.4 Å². The van der Waals surface area contributed by atoms with Crippen LogP contribution in [0.1, 0.15) is 10.4 Å². The normalized spacial score (nSPS) is 10.1. The van der Waals surface area contributed by atoms with Gasteiger partial charge in [-0.15, -0.1) is 11.3 Å². The predicted molar refractivity (Wildman–Crippen MR) is 82.9 cm³/mol. The monoisotopic (exact) mass is 332 g/mol. The second kappa shape index (κ2) is 6.85. The minimum atomic E-state index is -0.726. The van der Waals surface area contributed by atoms with Crippen LogP contribution in [-0.4, -0.2) is 27.3 Å². The third-order valence-corrected chi connectivity index (χ3v) is 3.97. The Hall–Kier alpha value is -2.99. The lowest BCUT2D eigenvalue weighted by Crippen LogP contribution is -2.34. The highest BCUT2D eigenvalue weighted by molar-refractivity contribution is 7.09. The molecule has 0 radical (unpaired) electrons. The first-order valence-electron chi connectivity index (χ1n) is 6.47. The van der Waals surface area contributed by atoms with Gasteiger partial charge in [0.2, 0.25) is 5.91 Å². The van der Waals surface area contributed by atoms with Gasteiger partial charge >= 0.3 is 0 Å². The number of amides is 1. The van der Waals surface area contributed by atoms with Crippen molar-refractivity contribution >= 4 is 22.9 Å². The number of nitrogens with zero attached hydrogens (tertiary/aromatic N) is 4. The predicted octanol–water partition coefficient (Wildman–Crippen LogP) is 1.35. The summed E-state index contributed by atoms with van der Waals surface area (Å²) >= 11 is 1.50. The van der Waals surface area contributed by atoms with E-state index in [1.165, 1.54) is 16.2 Å². The quantitative estimate of drug-likeness (QED) is 0.606. The first-order chi connectivity index (χ1) is 10.9. The number of nitro groups is 1. The molecule has 0 aliphatic carbocycles. The molecule has 0 fully saturated rings. The minimum absolute atomic E-state index is 0.364. The Morgan fingerprint density at radius 2 is 2.30 bits per heavy atom. The molecule has 2 aromatic rings. The van der Waals surface area contributed by atoms with E-state index in [0.717, 1.165) is 21.7 Å². The number of hydrogen-bond acceptors (Lipinski definition) is 6. The lowest BCUT2D eigenvalue weighted by Gasteiger charge is -2.17. The zero-order valence-corrected chi connectivity index (χ0v) is 12.9. The lowest BCUT2D eigenvalue weighted by molar-refractivity contribution is -0.385. The van der Waals surface area contributed by atoms with Gasteiger partial charge < -0.3 is 4.90 Å². The van der Waals surface area contributed by atoms with Gasteiger partial charge in [-0.25, -0.2) is 0 Å². The molecule has 8 nitrogen and oxygen atoms in total. The number of pyridine rings is 1. The number of carbonyl (C=O) groups is 1. The van der Waals surface area contributed by atoms with E-state index in [4.69, 9.17) is 5.26 Å². The van der Waals surface area contributed by atoms with E-state index in [1.54, 1.807) is 13.1 Å². The van der Waals surface area contributed by atoms with E-state index in [2.05, 4.69) is 0 Å². The summed E-state index contributed by atoms with van der Waals surface area (Å²) in [6.07, 6.45) is 0.972. The molecule has 0 atom stereocenters. The Bertz CT molecular complexity index is 835. The van der Waals surface area contributed by atoms with Gasteiger partial charge in [0.15, 0.2) is 0 Å². The summed E-state index contributed by atoms with van der Waals surface area (Å²) < 4.78 is 0.893. The van der Waals surface area contributed by atoms with Crippen molar-refractivity contribution in [3.63, 3.8) is 0 Å². The zero-order chi connectivity index (χ0) is 17.0. The number of likely N-dealkylation sites (N-methyl/N-ethyl adjacent to an activating group) is 1. The van der Waals surface area contributed by atoms with Crippen LogP contribution in [0.25, 0.3) is 0 Å². The molecule has 23 heavy (non-hydrogen) atoms. The SMILES string of the molecule is CN(Cc1cccs1)C(=O)Cn1cc([N+](=O)[O-])cc(C#N)c1=O. The third kappa shape index (κ3) is 3.81. The molecule has 0 spiro atoms. The van der Waals surface area contributed by atoms with Crippen LogP contribution < -0.4 is 5.56 Å². The molecule has 2 rings (SSSR count). The number of hydrogen-bond donors (Lipinski definition) is 0. The van der Waals surface area contributed by atoms with Gasteiger partial charge in [0.05, 0.1) is 17.7 Å². The Balaban J connectivity index is 2.23. The zero-order valence-electron chi connectivity index (χ0n) is 12.1. The molecular weight excluding hydrogens is 320 g/mol. The molecule has 0 aliphatic heterocycles. The molecule has 0 saturated carbocycles. The van der Waals surface area contributed by atoms with Gasteiger partial charge in [-0.3, -0.25) is 24.3 Å². The van der Waals surface area contributed by atoms with Gasteiger partial charge in [-0.05, 0) is 11.4 Å². The van der Waals surface area contributed by atoms with Crippen molar-refractivity contribution in [1.29, 1.82) is 5.26 Å². The highest BCUT2D eigenvalue weighted by atomic mass is 32.1. The summed E-state index contributed by atoms with van der Waals surface area (Å²) in [6.45, 7) is 0.0162. The number of carbonyl (C=O) groups excluding carboxylic acids is 1. The van der Waals surface area contributed by atoms with Crippen molar-refractivity contribution < 1.29 is 9.72 Å². The fraction of sp³-hybridized carbons (Fsp3) is 0.214. The molecule has 0 aliphatic rings. The van der Waals surface area contributed by atoms with Crippen LogP contribution in [0.2, 0.25) is 0 Å². The molecule has 2 heterocycles. The van der Waals surface area contributed by atoms with Crippen molar-refractivity contribution in [2.75, 3.05) is 7.05 Å². The highest BCUT2D eigenvalue weighted by Gasteiger charge is 2.17. The number of nitriles is 1. The van der Waals surface area contributed by atoms with Gasteiger partial charge in [0.25, 0.3) is 11.2 Å². The van der Waals surface area contributed by atoms with E-state index in [1.807, 2.05) is 17.5 Å². The number of aromatic nitrogens is 1. The van der Waals surface area contributed by atoms with Gasteiger partial charge in [0.1, 0.15) is 18.2 Å². The first kappa shape index (κ1) is 16.4. The Morgan fingerprint density at radius 3 is 2.87 bits per heavy atom. The standard InChI is InChI=1S/C14H12N4O4S/c1-16(8-12-3-2-4-23-12)13(19)9-17-7-11(18(21)22)5-10(6-15)14(17)20/h2-5,7H,8-9H2,1H3. The van der Waals surface area contributed by atoms with Crippen molar-refractivity contribution in [1.82, 2.24) is 9.47 Å². The highest BCUT2D eigenvalue weighted by Crippen LogP contribution is 2.12. The Kier molecular flexibility index (Phi) is 4.88. The van der Waals surface area contributed by atoms with E-state index in [0.29, 0.717) is 6.54 Å². The second-order valence-corrected chi connectivity index (χ2v) is 5.78. The summed E-state index contributed by atoms with van der Waals surface area (Å²) in [5, 5.41) is 21.6. The van der Waals surface area contributed by atoms with Crippen LogP contribution in [0.3, 0.4) is 0 Å². The Morgan fingerprint density at radius 1 is 1.57 bits per heavy atom. The summed E-state index contributed by atoms with van der Waals surface area (Å²) in [6, 6.07) is 6.25. The maximum atomic E-state index is 12.2. The number of thiophene rings is 1. The summed E-state index contributed by atoms with van der Waals surface area (Å²) in [5.41, 5.74) is -1.50. The molecule has 0 saturated heterocycles. The smallest absolute Gasteiger partial charge is 0.287 e. The maximum absolute atomic E-state index is 12.2. The third-order valence-electron chi connectivity index (χ3n) is 3.11. The van der Waals surface area contributed by atoms with Crippen molar-refractivity contribution in [3.8, 4) is 6.07 Å². The Labute approximate surface area is 135 Å². The largest absolute Gasteiger partial charge is 0.339 e. The van der Waals surface area contributed by atoms with E-state index in [-0.39, 0.29) is 18.0 Å². The molecule has 9 heteroatoms. The molecule has 2 aromatic heterocycles. The molecule has 0 bridgehead atoms. The van der Waals surface area contributed by atoms with E-state index >= 15 is 0 Å². The van der Waals surface area contributed by atoms with Crippen LogP contribution in [0.5, 0.6) is 0 Å². The molecule has 0 N–H and O–H groups in total. The van der Waals surface area contributed by atoms with Crippen LogP contribution in [0.4, 0.5) is 5.69 Å². The average molecular weight is 332 g/mol. The second-order valence-electron chi connectivity index (χ2n) is 4.74. The van der Waals surface area contributed by atoms with Crippen LogP contribution >= 0.6 is 11.3 Å². The molecule has 118 valence electrons. The first-order valence-corrected chi connectivity index (χ1v) is 7.35. The molecule has 0 unspecified atom stereocenters. The maximum Gasteiger partial charge on any atom is 0.287 e. The van der Waals surface area contributed by atoms with Crippen LogP contribution in [-0.2, 0) is 17.9 Å². The molecule has 1 amide bonds. The van der Waals surface area contributed by atoms with Crippen molar-refractivity contribution in [2.45, 2.75) is 13.1 Å². The molecular formula is C14H12N4O4S.